The Labute approximate surface area is 182 Å². The van der Waals surface area contributed by atoms with Crippen LogP contribution in [-0.2, 0) is 0 Å². The molecule has 0 saturated carbocycles. The van der Waals surface area contributed by atoms with Gasteiger partial charge in [-0.1, -0.05) is 48.5 Å². The summed E-state index contributed by atoms with van der Waals surface area (Å²) in [6, 6.07) is 29.1. The number of hydrogen-bond donors (Lipinski definition) is 0. The van der Waals surface area contributed by atoms with Gasteiger partial charge >= 0.3 is 0 Å². The van der Waals surface area contributed by atoms with Gasteiger partial charge < -0.3 is 4.42 Å². The molecule has 2 aromatic heterocycles. The molecule has 0 amide bonds. The Kier molecular flexibility index (Phi) is 5.01. The van der Waals surface area contributed by atoms with Gasteiger partial charge in [0, 0.05) is 10.8 Å². The summed E-state index contributed by atoms with van der Waals surface area (Å²) >= 11 is 1.50. The molecule has 148 valence electrons. The molecule has 0 bridgehead atoms. The van der Waals surface area contributed by atoms with Crippen LogP contribution in [-0.4, -0.2) is 10.9 Å². The van der Waals surface area contributed by atoms with E-state index in [0.29, 0.717) is 5.56 Å². The van der Waals surface area contributed by atoms with Gasteiger partial charge in [-0.05, 0) is 42.0 Å². The zero-order valence-corrected chi connectivity index (χ0v) is 17.2. The van der Waals surface area contributed by atoms with Gasteiger partial charge in [0.25, 0.3) is 0 Å². The van der Waals surface area contributed by atoms with E-state index in [4.69, 9.17) is 19.8 Å². The second kappa shape index (κ2) is 8.27. The number of thiazole rings is 1. The number of hydrogen-bond acceptors (Lipinski definition) is 5. The van der Waals surface area contributed by atoms with Crippen LogP contribution < -0.4 is 4.80 Å². The van der Waals surface area contributed by atoms with Crippen molar-refractivity contribution in [2.45, 2.75) is 0 Å². The smallest absolute Gasteiger partial charge is 0.211 e. The third kappa shape index (κ3) is 3.95. The van der Waals surface area contributed by atoms with Crippen molar-refractivity contribution in [3.63, 3.8) is 0 Å². The molecule has 0 atom stereocenters. The highest BCUT2D eigenvalue weighted by Crippen LogP contribution is 2.28. The van der Waals surface area contributed by atoms with E-state index < -0.39 is 0 Å². The lowest BCUT2D eigenvalue weighted by molar-refractivity contribution is 0.622. The third-order valence-corrected chi connectivity index (χ3v) is 5.52. The summed E-state index contributed by atoms with van der Waals surface area (Å²) in [4.78, 5) is 5.49. The summed E-state index contributed by atoms with van der Waals surface area (Å²) in [6.45, 7) is 0. The zero-order chi connectivity index (χ0) is 21.0. The van der Waals surface area contributed by atoms with Crippen LogP contribution in [0, 0.1) is 11.3 Å². The van der Waals surface area contributed by atoms with Crippen LogP contribution >= 0.6 is 11.3 Å². The van der Waals surface area contributed by atoms with Crippen molar-refractivity contribution in [2.75, 3.05) is 0 Å². The van der Waals surface area contributed by atoms with E-state index in [9.17, 15) is 0 Å². The van der Waals surface area contributed by atoms with Gasteiger partial charge in [-0.25, -0.2) is 9.67 Å². The molecular weight excluding hydrogens is 404 g/mol. The minimum absolute atomic E-state index is 0.614. The molecule has 6 heteroatoms. The van der Waals surface area contributed by atoms with Crippen LogP contribution in [0.1, 0.15) is 11.1 Å². The molecule has 0 fully saturated rings. The van der Waals surface area contributed by atoms with E-state index in [-0.39, 0.29) is 0 Å². The second-order valence-corrected chi connectivity index (χ2v) is 7.63. The van der Waals surface area contributed by atoms with Gasteiger partial charge in [0.05, 0.1) is 23.5 Å². The van der Waals surface area contributed by atoms with Crippen LogP contribution in [0.25, 0.3) is 22.4 Å². The molecule has 0 radical (unpaired) electrons. The second-order valence-electron chi connectivity index (χ2n) is 6.79. The van der Waals surface area contributed by atoms with E-state index in [1.807, 2.05) is 78.2 Å². The molecule has 5 aromatic rings. The normalized spacial score (nSPS) is 11.9. The standard InChI is InChI=1S/C25H16N4OS/c26-15-18-10-12-19(13-11-18)16-27-29-22(24-14-20-6-4-5-9-23(20)30-24)17-31-25(29)28-21-7-2-1-3-8-21/h1-14,16-17H. The summed E-state index contributed by atoms with van der Waals surface area (Å²) in [5.74, 6) is 0.726. The molecule has 0 unspecified atom stereocenters. The fourth-order valence-electron chi connectivity index (χ4n) is 3.15. The summed E-state index contributed by atoms with van der Waals surface area (Å²) in [5, 5.41) is 16.7. The van der Waals surface area contributed by atoms with Gasteiger partial charge in [-0.3, -0.25) is 0 Å². The minimum atomic E-state index is 0.614. The first kappa shape index (κ1) is 18.8. The summed E-state index contributed by atoms with van der Waals surface area (Å²) in [5.41, 5.74) is 4.00. The molecule has 5 nitrogen and oxygen atoms in total. The summed E-state index contributed by atoms with van der Waals surface area (Å²) in [6.07, 6.45) is 1.75. The van der Waals surface area contributed by atoms with Crippen molar-refractivity contribution >= 4 is 34.2 Å². The van der Waals surface area contributed by atoms with Crippen molar-refractivity contribution in [1.29, 1.82) is 5.26 Å². The van der Waals surface area contributed by atoms with E-state index in [1.165, 1.54) is 11.3 Å². The Morgan fingerprint density at radius 1 is 0.935 bits per heavy atom. The molecule has 0 aliphatic carbocycles. The maximum absolute atomic E-state index is 9.00. The average molecular weight is 420 g/mol. The predicted molar refractivity (Wildman–Crippen MR) is 123 cm³/mol. The topological polar surface area (TPSA) is 66.6 Å². The number of nitrogens with zero attached hydrogens (tertiary/aromatic N) is 4. The first-order chi connectivity index (χ1) is 15.3. The van der Waals surface area contributed by atoms with Crippen molar-refractivity contribution < 1.29 is 4.42 Å². The fourth-order valence-corrected chi connectivity index (χ4v) is 3.98. The van der Waals surface area contributed by atoms with Crippen molar-refractivity contribution in [3.05, 3.63) is 106 Å². The van der Waals surface area contributed by atoms with E-state index in [0.717, 1.165) is 38.5 Å². The minimum Gasteiger partial charge on any atom is -0.454 e. The number of aromatic nitrogens is 1. The molecule has 5 rings (SSSR count). The van der Waals surface area contributed by atoms with Crippen LogP contribution in [0.2, 0.25) is 0 Å². The maximum Gasteiger partial charge on any atom is 0.211 e. The summed E-state index contributed by atoms with van der Waals surface area (Å²) < 4.78 is 7.86. The van der Waals surface area contributed by atoms with Gasteiger partial charge in [-0.15, -0.1) is 11.3 Å². The molecule has 31 heavy (non-hydrogen) atoms. The van der Waals surface area contributed by atoms with Gasteiger partial charge in [0.2, 0.25) is 4.80 Å². The lowest BCUT2D eigenvalue weighted by atomic mass is 10.2. The lowest BCUT2D eigenvalue weighted by Crippen LogP contribution is -2.11. The Morgan fingerprint density at radius 3 is 2.48 bits per heavy atom. The monoisotopic (exact) mass is 420 g/mol. The molecule has 3 aromatic carbocycles. The van der Waals surface area contributed by atoms with E-state index in [1.54, 1.807) is 23.0 Å². The Morgan fingerprint density at radius 2 is 1.71 bits per heavy atom. The Balaban J connectivity index is 1.63. The van der Waals surface area contributed by atoms with E-state index in [2.05, 4.69) is 6.07 Å². The molecule has 2 heterocycles. The zero-order valence-electron chi connectivity index (χ0n) is 16.3. The van der Waals surface area contributed by atoms with Crippen molar-refractivity contribution in [2.24, 2.45) is 10.1 Å². The number of nitriles is 1. The summed E-state index contributed by atoms with van der Waals surface area (Å²) in [7, 11) is 0. The highest BCUT2D eigenvalue weighted by Gasteiger charge is 2.13. The first-order valence-corrected chi connectivity index (χ1v) is 10.5. The third-order valence-electron chi connectivity index (χ3n) is 4.71. The quantitative estimate of drug-likeness (QED) is 0.337. The molecule has 0 aliphatic heterocycles. The van der Waals surface area contributed by atoms with E-state index >= 15 is 0 Å². The predicted octanol–water partition coefficient (Wildman–Crippen LogP) is 5.95. The highest BCUT2D eigenvalue weighted by molar-refractivity contribution is 7.07. The molecule has 0 N–H and O–H groups in total. The number of benzene rings is 3. The van der Waals surface area contributed by atoms with Crippen molar-refractivity contribution in [1.82, 2.24) is 4.68 Å². The number of para-hydroxylation sites is 2. The number of furan rings is 1. The number of fused-ring (bicyclic) bond motifs is 1. The number of rotatable bonds is 4. The van der Waals surface area contributed by atoms with Crippen molar-refractivity contribution in [3.8, 4) is 17.5 Å². The van der Waals surface area contributed by atoms with Crippen LogP contribution in [0.3, 0.4) is 0 Å². The van der Waals surface area contributed by atoms with Crippen LogP contribution in [0.15, 0.2) is 105 Å². The first-order valence-electron chi connectivity index (χ1n) is 9.64. The maximum atomic E-state index is 9.00. The molecular formula is C25H16N4OS. The molecule has 0 saturated heterocycles. The Hall–Kier alpha value is -4.21. The van der Waals surface area contributed by atoms with Gasteiger partial charge in [0.15, 0.2) is 5.76 Å². The molecule has 0 spiro atoms. The highest BCUT2D eigenvalue weighted by atomic mass is 32.1. The Bertz CT molecular complexity index is 1450. The average Bonchev–Trinajstić information content (AvgIpc) is 3.42. The SMILES string of the molecule is N#Cc1ccc(C=Nn2c(-c3cc4ccccc4o3)csc2=Nc2ccccc2)cc1. The molecule has 0 aliphatic rings. The van der Waals surface area contributed by atoms with Gasteiger partial charge in [0.1, 0.15) is 11.3 Å². The largest absolute Gasteiger partial charge is 0.454 e. The fraction of sp³-hybridized carbons (Fsp3) is 0. The van der Waals surface area contributed by atoms with Crippen LogP contribution in [0.5, 0.6) is 0 Å². The van der Waals surface area contributed by atoms with Crippen LogP contribution in [0.4, 0.5) is 5.69 Å². The van der Waals surface area contributed by atoms with Gasteiger partial charge in [-0.2, -0.15) is 10.4 Å². The lowest BCUT2D eigenvalue weighted by Gasteiger charge is -2.01.